The minimum atomic E-state index is -0.344. The highest BCUT2D eigenvalue weighted by atomic mass is 79.9. The Hall–Kier alpha value is -0.810. The lowest BCUT2D eigenvalue weighted by Gasteiger charge is -2.14. The number of aryl methyl sites for hydroxylation is 1. The molecule has 3 nitrogen and oxygen atoms in total. The number of rotatable bonds is 20. The van der Waals surface area contributed by atoms with Crippen LogP contribution >= 0.6 is 31.9 Å². The average Bonchev–Trinajstić information content (AvgIpc) is 2.77. The van der Waals surface area contributed by atoms with E-state index in [4.69, 9.17) is 9.47 Å². The second-order valence-corrected chi connectivity index (χ2v) is 10.2. The Morgan fingerprint density at radius 2 is 1.41 bits per heavy atom. The van der Waals surface area contributed by atoms with Gasteiger partial charge in [0.2, 0.25) is 0 Å². The summed E-state index contributed by atoms with van der Waals surface area (Å²) in [6.07, 6.45) is 19.7. The Bertz CT molecular complexity index is 646. The van der Waals surface area contributed by atoms with Crippen LogP contribution in [-0.4, -0.2) is 19.2 Å². The molecule has 182 valence electrons. The van der Waals surface area contributed by atoms with Gasteiger partial charge in [0, 0.05) is 10.5 Å². The number of hydrogen-bond donors (Lipinski definition) is 0. The first kappa shape index (κ1) is 29.2. The Labute approximate surface area is 213 Å². The lowest BCUT2D eigenvalue weighted by atomic mass is 10.0. The molecule has 0 saturated heterocycles. The fourth-order valence-corrected chi connectivity index (χ4v) is 5.16. The third-order valence-corrected chi connectivity index (χ3v) is 6.63. The van der Waals surface area contributed by atoms with Crippen molar-refractivity contribution in [2.45, 2.75) is 103 Å². The summed E-state index contributed by atoms with van der Waals surface area (Å²) in [4.78, 5) is 11.0. The second-order valence-electron chi connectivity index (χ2n) is 8.44. The van der Waals surface area contributed by atoms with Crippen LogP contribution in [0.15, 0.2) is 33.7 Å². The molecule has 0 spiro atoms. The molecule has 0 N–H and O–H groups in total. The topological polar surface area (TPSA) is 35.5 Å². The number of benzene rings is 1. The van der Waals surface area contributed by atoms with Crippen molar-refractivity contribution in [3.8, 4) is 5.75 Å². The van der Waals surface area contributed by atoms with Crippen molar-refractivity contribution in [3.05, 3.63) is 39.3 Å². The van der Waals surface area contributed by atoms with Gasteiger partial charge < -0.3 is 9.47 Å². The van der Waals surface area contributed by atoms with Gasteiger partial charge in [-0.05, 0) is 72.2 Å². The number of unbranched alkanes of at least 4 members (excludes halogenated alkanes) is 12. The molecule has 0 radical (unpaired) electrons. The molecular formula is C27H42Br2O3. The summed E-state index contributed by atoms with van der Waals surface area (Å²) >= 11 is 7.30. The summed E-state index contributed by atoms with van der Waals surface area (Å²) in [6.45, 7) is 6.84. The van der Waals surface area contributed by atoms with Crippen LogP contribution in [0.3, 0.4) is 0 Å². The highest BCUT2D eigenvalue weighted by Gasteiger charge is 2.10. The third kappa shape index (κ3) is 14.4. The molecule has 1 rings (SSSR count). The maximum absolute atomic E-state index is 11.0. The zero-order chi connectivity index (χ0) is 23.4. The first-order valence-electron chi connectivity index (χ1n) is 12.5. The van der Waals surface area contributed by atoms with Crippen molar-refractivity contribution in [2.24, 2.45) is 0 Å². The van der Waals surface area contributed by atoms with E-state index in [0.29, 0.717) is 13.2 Å². The van der Waals surface area contributed by atoms with Gasteiger partial charge in [-0.1, -0.05) is 87.2 Å². The fourth-order valence-electron chi connectivity index (χ4n) is 3.73. The van der Waals surface area contributed by atoms with Gasteiger partial charge in [-0.3, -0.25) is 0 Å². The molecule has 5 heteroatoms. The van der Waals surface area contributed by atoms with Gasteiger partial charge in [0.05, 0.1) is 17.7 Å². The highest BCUT2D eigenvalue weighted by molar-refractivity contribution is 9.11. The number of esters is 1. The van der Waals surface area contributed by atoms with E-state index in [1.165, 1.54) is 75.8 Å². The number of carbonyl (C=O) groups excluding carboxylic acids is 1. The van der Waals surface area contributed by atoms with Crippen molar-refractivity contribution >= 4 is 37.8 Å². The van der Waals surface area contributed by atoms with E-state index < -0.39 is 0 Å². The van der Waals surface area contributed by atoms with E-state index in [1.807, 2.05) is 0 Å². The monoisotopic (exact) mass is 572 g/mol. The Kier molecular flexibility index (Phi) is 17.9. The predicted octanol–water partition coefficient (Wildman–Crippen LogP) is 9.34. The molecule has 0 atom stereocenters. The average molecular weight is 574 g/mol. The zero-order valence-corrected chi connectivity index (χ0v) is 23.1. The minimum absolute atomic E-state index is 0.344. The number of ether oxygens (including phenoxy) is 2. The molecule has 0 fully saturated rings. The first-order valence-corrected chi connectivity index (χ1v) is 14.1. The molecule has 0 aliphatic heterocycles. The Morgan fingerprint density at radius 3 is 2.03 bits per heavy atom. The smallest absolute Gasteiger partial charge is 0.330 e. The van der Waals surface area contributed by atoms with Crippen LogP contribution in [0, 0.1) is 0 Å². The van der Waals surface area contributed by atoms with E-state index in [9.17, 15) is 4.79 Å². The van der Waals surface area contributed by atoms with Crippen LogP contribution in [0.1, 0.15) is 102 Å². The molecule has 0 bridgehead atoms. The van der Waals surface area contributed by atoms with E-state index in [-0.39, 0.29) is 5.97 Å². The van der Waals surface area contributed by atoms with Gasteiger partial charge in [-0.25, -0.2) is 4.79 Å². The summed E-state index contributed by atoms with van der Waals surface area (Å²) in [6, 6.07) is 4.26. The molecule has 32 heavy (non-hydrogen) atoms. The van der Waals surface area contributed by atoms with E-state index >= 15 is 0 Å². The number of carbonyl (C=O) groups is 1. The van der Waals surface area contributed by atoms with E-state index in [1.54, 1.807) is 0 Å². The largest absolute Gasteiger partial charge is 0.492 e. The summed E-state index contributed by atoms with van der Waals surface area (Å²) in [5, 5.41) is 0. The van der Waals surface area contributed by atoms with Gasteiger partial charge in [-0.15, -0.1) is 0 Å². The molecule has 0 aliphatic rings. The van der Waals surface area contributed by atoms with Gasteiger partial charge in [0.15, 0.2) is 0 Å². The standard InChI is InChI=1S/C27H42Br2O3/c1-3-5-6-7-8-9-10-11-12-15-18-23-21-24(28)22-25(29)27(23)32-20-17-14-13-16-19-31-26(30)4-2/h4,21-22H,2-3,5-20H2,1H3. The van der Waals surface area contributed by atoms with Crippen molar-refractivity contribution < 1.29 is 14.3 Å². The highest BCUT2D eigenvalue weighted by Crippen LogP contribution is 2.34. The van der Waals surface area contributed by atoms with Gasteiger partial charge in [0.25, 0.3) is 0 Å². The lowest BCUT2D eigenvalue weighted by Crippen LogP contribution is -2.03. The van der Waals surface area contributed by atoms with Gasteiger partial charge >= 0.3 is 5.97 Å². The maximum atomic E-state index is 11.0. The normalized spacial score (nSPS) is 10.8. The third-order valence-electron chi connectivity index (χ3n) is 5.58. The molecule has 0 aromatic heterocycles. The molecule has 0 aliphatic carbocycles. The molecule has 0 unspecified atom stereocenters. The molecule has 0 heterocycles. The van der Waals surface area contributed by atoms with Crippen LogP contribution in [0.25, 0.3) is 0 Å². The summed E-state index contributed by atoms with van der Waals surface area (Å²) in [5.74, 6) is 0.646. The van der Waals surface area contributed by atoms with Gasteiger partial charge in [-0.2, -0.15) is 0 Å². The molecular weight excluding hydrogens is 532 g/mol. The summed E-state index contributed by atoms with van der Waals surface area (Å²) < 4.78 is 13.3. The summed E-state index contributed by atoms with van der Waals surface area (Å²) in [5.41, 5.74) is 1.28. The van der Waals surface area contributed by atoms with Crippen molar-refractivity contribution in [1.82, 2.24) is 0 Å². The van der Waals surface area contributed by atoms with Crippen LogP contribution in [0.2, 0.25) is 0 Å². The van der Waals surface area contributed by atoms with Crippen LogP contribution in [0.4, 0.5) is 0 Å². The summed E-state index contributed by atoms with van der Waals surface area (Å²) in [7, 11) is 0. The van der Waals surface area contributed by atoms with Crippen molar-refractivity contribution in [3.63, 3.8) is 0 Å². The fraction of sp³-hybridized carbons (Fsp3) is 0.667. The Balaban J connectivity index is 2.24. The molecule has 0 amide bonds. The quantitative estimate of drug-likeness (QED) is 0.0885. The maximum Gasteiger partial charge on any atom is 0.330 e. The number of hydrogen-bond acceptors (Lipinski definition) is 3. The molecule has 1 aromatic rings. The van der Waals surface area contributed by atoms with Crippen molar-refractivity contribution in [2.75, 3.05) is 13.2 Å². The lowest BCUT2D eigenvalue weighted by molar-refractivity contribution is -0.137. The van der Waals surface area contributed by atoms with E-state index in [0.717, 1.165) is 46.8 Å². The SMILES string of the molecule is C=CC(=O)OCCCCCCOc1c(Br)cc(Br)cc1CCCCCCCCCCCC. The van der Waals surface area contributed by atoms with Gasteiger partial charge in [0.1, 0.15) is 5.75 Å². The predicted molar refractivity (Wildman–Crippen MR) is 143 cm³/mol. The molecule has 1 aromatic carbocycles. The first-order chi connectivity index (χ1) is 15.6. The van der Waals surface area contributed by atoms with E-state index in [2.05, 4.69) is 57.5 Å². The van der Waals surface area contributed by atoms with Crippen LogP contribution in [0.5, 0.6) is 5.75 Å². The zero-order valence-electron chi connectivity index (χ0n) is 19.9. The minimum Gasteiger partial charge on any atom is -0.492 e. The second kappa shape index (κ2) is 19.6. The van der Waals surface area contributed by atoms with Crippen LogP contribution in [-0.2, 0) is 16.0 Å². The molecule has 0 saturated carbocycles. The Morgan fingerprint density at radius 1 is 0.844 bits per heavy atom. The number of halogens is 2. The van der Waals surface area contributed by atoms with Crippen LogP contribution < -0.4 is 4.74 Å². The van der Waals surface area contributed by atoms with Crippen molar-refractivity contribution in [1.29, 1.82) is 0 Å².